The van der Waals surface area contributed by atoms with Gasteiger partial charge in [-0.15, -0.1) is 0 Å². The first-order valence-electron chi connectivity index (χ1n) is 6.40. The van der Waals surface area contributed by atoms with Crippen molar-refractivity contribution in [1.29, 1.82) is 0 Å². The number of hydrogen-bond acceptors (Lipinski definition) is 3. The minimum Gasteiger partial charge on any atom is -0.339 e. The fraction of sp³-hybridized carbons (Fsp3) is 0.231. The highest BCUT2D eigenvalue weighted by atomic mass is 32.5. The predicted molar refractivity (Wildman–Crippen MR) is 77.1 cm³/mol. The van der Waals surface area contributed by atoms with Gasteiger partial charge in [0.15, 0.2) is 5.82 Å². The summed E-state index contributed by atoms with van der Waals surface area (Å²) in [6.07, 6.45) is 4.40. The monoisotopic (exact) mass is 339 g/mol. The lowest BCUT2D eigenvalue weighted by molar-refractivity contribution is 0.364. The van der Waals surface area contributed by atoms with E-state index < -0.39 is 15.1 Å². The molecule has 1 N–H and O–H groups in total. The summed E-state index contributed by atoms with van der Waals surface area (Å²) >= 11 is 0. The highest BCUT2D eigenvalue weighted by Gasteiger charge is 2.65. The molecule has 1 aromatic carbocycles. The van der Waals surface area contributed by atoms with E-state index in [2.05, 4.69) is 15.3 Å². The first-order chi connectivity index (χ1) is 9.99. The lowest BCUT2D eigenvalue weighted by Gasteiger charge is -2.40. The van der Waals surface area contributed by atoms with Gasteiger partial charge in [0.2, 0.25) is 0 Å². The summed E-state index contributed by atoms with van der Waals surface area (Å²) in [5.74, 6) is 0.393. The van der Waals surface area contributed by atoms with Crippen LogP contribution in [0, 0.1) is 0 Å². The third-order valence-electron chi connectivity index (χ3n) is 2.82. The van der Waals surface area contributed by atoms with E-state index in [1.165, 1.54) is 12.4 Å². The van der Waals surface area contributed by atoms with Gasteiger partial charge < -0.3 is 5.32 Å². The van der Waals surface area contributed by atoms with Crippen molar-refractivity contribution >= 4 is 21.7 Å². The van der Waals surface area contributed by atoms with Crippen molar-refractivity contribution in [2.75, 3.05) is 5.32 Å². The van der Waals surface area contributed by atoms with Crippen LogP contribution in [0.1, 0.15) is 19.0 Å². The van der Waals surface area contributed by atoms with Crippen LogP contribution in [0.15, 0.2) is 41.6 Å². The molecule has 0 aliphatic heterocycles. The Balaban J connectivity index is 2.27. The third-order valence-corrected chi connectivity index (χ3v) is 3.99. The summed E-state index contributed by atoms with van der Waals surface area (Å²) in [7, 11) is -9.63. The lowest BCUT2D eigenvalue weighted by Crippen LogP contribution is -2.06. The highest BCUT2D eigenvalue weighted by molar-refractivity contribution is 8.45. The number of nitrogens with zero attached hydrogens (tertiary/aromatic N) is 2. The second-order valence-corrected chi connectivity index (χ2v) is 7.13. The normalized spacial score (nSPS) is 15.0. The van der Waals surface area contributed by atoms with Crippen molar-refractivity contribution in [1.82, 2.24) is 9.97 Å². The lowest BCUT2D eigenvalue weighted by atomic mass is 10.2. The quantitative estimate of drug-likeness (QED) is 0.696. The van der Waals surface area contributed by atoms with Crippen LogP contribution < -0.4 is 5.32 Å². The maximum Gasteiger partial charge on any atom is 0.310 e. The molecule has 9 heteroatoms. The molecule has 0 amide bonds. The molecule has 2 rings (SSSR count). The van der Waals surface area contributed by atoms with Gasteiger partial charge in [0.05, 0.1) is 5.69 Å². The Kier molecular flexibility index (Phi) is 3.59. The molecule has 122 valence electrons. The fourth-order valence-corrected chi connectivity index (χ4v) is 2.47. The molecule has 0 radical (unpaired) electrons. The molecule has 0 fully saturated rings. The summed E-state index contributed by atoms with van der Waals surface area (Å²) < 4.78 is 63.1. The van der Waals surface area contributed by atoms with Crippen molar-refractivity contribution in [2.24, 2.45) is 0 Å². The molecule has 0 atom stereocenters. The summed E-state index contributed by atoms with van der Waals surface area (Å²) in [6.45, 7) is 1.95. The van der Waals surface area contributed by atoms with Crippen LogP contribution in [0.25, 0.3) is 0 Å². The number of hydrogen-bond donors (Lipinski definition) is 1. The Labute approximate surface area is 124 Å². The third kappa shape index (κ3) is 4.06. The van der Waals surface area contributed by atoms with Gasteiger partial charge in [-0.1, -0.05) is 32.8 Å². The zero-order valence-corrected chi connectivity index (χ0v) is 12.4. The van der Waals surface area contributed by atoms with Gasteiger partial charge in [-0.05, 0) is 30.7 Å². The number of aryl methyl sites for hydroxylation is 1. The van der Waals surface area contributed by atoms with Gasteiger partial charge in [-0.3, -0.25) is 4.98 Å². The van der Waals surface area contributed by atoms with Gasteiger partial charge in [-0.25, -0.2) is 4.98 Å². The molecule has 0 saturated heterocycles. The molecule has 0 spiro atoms. The second kappa shape index (κ2) is 4.80. The van der Waals surface area contributed by atoms with Crippen LogP contribution in [0.2, 0.25) is 0 Å². The highest BCUT2D eigenvalue weighted by Crippen LogP contribution is 3.02. The van der Waals surface area contributed by atoms with E-state index in [0.29, 0.717) is 30.1 Å². The maximum atomic E-state index is 12.6. The smallest absolute Gasteiger partial charge is 0.310 e. The van der Waals surface area contributed by atoms with E-state index in [1.54, 1.807) is 0 Å². The van der Waals surface area contributed by atoms with Crippen LogP contribution in [0.4, 0.5) is 30.9 Å². The molecule has 0 saturated carbocycles. The van der Waals surface area contributed by atoms with Crippen molar-refractivity contribution in [3.63, 3.8) is 0 Å². The summed E-state index contributed by atoms with van der Waals surface area (Å²) in [6, 6.07) is 2.61. The number of nitrogens with one attached hydrogen (secondary N) is 1. The number of anilines is 2. The molecule has 0 aliphatic carbocycles. The first kappa shape index (κ1) is 16.5. The van der Waals surface area contributed by atoms with Gasteiger partial charge in [0, 0.05) is 18.1 Å². The number of rotatable bonds is 5. The maximum absolute atomic E-state index is 12.6. The molecule has 22 heavy (non-hydrogen) atoms. The van der Waals surface area contributed by atoms with Crippen molar-refractivity contribution in [3.05, 3.63) is 42.4 Å². The SMILES string of the molecule is CCCc1nccnc1Nc1ccc(S(F)(F)(F)(F)F)cc1. The molecule has 0 unspecified atom stereocenters. The molecule has 2 aromatic rings. The Bertz CT molecular complexity index is 670. The van der Waals surface area contributed by atoms with Gasteiger partial charge >= 0.3 is 10.2 Å². The fourth-order valence-electron chi connectivity index (χ4n) is 1.82. The standard InChI is InChI=1S/C13H14F5N3S/c1-2-3-12-13(20-9-8-19-12)21-10-4-6-11(7-5-10)22(14,15,16,17)18/h4-9H,2-3H2,1H3,(H,20,21). The van der Waals surface area contributed by atoms with Crippen LogP contribution in [0.3, 0.4) is 0 Å². The predicted octanol–water partition coefficient (Wildman–Crippen LogP) is 5.83. The van der Waals surface area contributed by atoms with Crippen LogP contribution >= 0.6 is 10.2 Å². The second-order valence-electron chi connectivity index (χ2n) is 4.72. The van der Waals surface area contributed by atoms with E-state index in [4.69, 9.17) is 0 Å². The van der Waals surface area contributed by atoms with Crippen molar-refractivity contribution < 1.29 is 19.4 Å². The topological polar surface area (TPSA) is 37.8 Å². The minimum atomic E-state index is -9.63. The molecule has 1 heterocycles. The van der Waals surface area contributed by atoms with Gasteiger partial charge in [-0.2, -0.15) is 0 Å². The van der Waals surface area contributed by atoms with Gasteiger partial charge in [0.1, 0.15) is 4.90 Å². The molecule has 3 nitrogen and oxygen atoms in total. The first-order valence-corrected chi connectivity index (χ1v) is 8.36. The summed E-state index contributed by atoms with van der Waals surface area (Å²) in [5.41, 5.74) is 0.880. The Morgan fingerprint density at radius 3 is 2.09 bits per heavy atom. The van der Waals surface area contributed by atoms with Gasteiger partial charge in [0.25, 0.3) is 0 Å². The zero-order chi connectivity index (χ0) is 16.5. The number of benzene rings is 1. The Morgan fingerprint density at radius 1 is 0.955 bits per heavy atom. The summed E-state index contributed by atoms with van der Waals surface area (Å²) in [4.78, 5) is 6.26. The Morgan fingerprint density at radius 2 is 1.55 bits per heavy atom. The molecule has 1 aromatic heterocycles. The average Bonchev–Trinajstić information content (AvgIpc) is 2.39. The van der Waals surface area contributed by atoms with E-state index in [9.17, 15) is 19.4 Å². The number of aromatic nitrogens is 2. The van der Waals surface area contributed by atoms with Crippen LogP contribution in [-0.4, -0.2) is 9.97 Å². The summed E-state index contributed by atoms with van der Waals surface area (Å²) in [5, 5.41) is 2.79. The minimum absolute atomic E-state index is 0.225. The molecule has 0 aliphatic rings. The van der Waals surface area contributed by atoms with Crippen LogP contribution in [0.5, 0.6) is 0 Å². The largest absolute Gasteiger partial charge is 0.339 e. The average molecular weight is 339 g/mol. The number of halogens is 5. The molecule has 0 bridgehead atoms. The van der Waals surface area contributed by atoms with E-state index in [0.717, 1.165) is 18.6 Å². The van der Waals surface area contributed by atoms with E-state index >= 15 is 0 Å². The van der Waals surface area contributed by atoms with Crippen molar-refractivity contribution in [3.8, 4) is 0 Å². The zero-order valence-electron chi connectivity index (χ0n) is 11.6. The Hall–Kier alpha value is -1.90. The van der Waals surface area contributed by atoms with Crippen molar-refractivity contribution in [2.45, 2.75) is 24.7 Å². The van der Waals surface area contributed by atoms with E-state index in [1.807, 2.05) is 6.92 Å². The molecular formula is C13H14F5N3S. The van der Waals surface area contributed by atoms with Crippen LogP contribution in [-0.2, 0) is 6.42 Å². The molecular weight excluding hydrogens is 325 g/mol. The van der Waals surface area contributed by atoms with E-state index in [-0.39, 0.29) is 5.69 Å².